The molecule has 156 valence electrons. The van der Waals surface area contributed by atoms with E-state index in [9.17, 15) is 14.0 Å². The largest absolute Gasteiger partial charge is 0.463 e. The molecule has 7 nitrogen and oxygen atoms in total. The number of nitrogens with two attached hydrogens (primary N) is 1. The van der Waals surface area contributed by atoms with E-state index in [0.717, 1.165) is 6.07 Å². The van der Waals surface area contributed by atoms with Crippen LogP contribution in [0.15, 0.2) is 46.0 Å². The first-order chi connectivity index (χ1) is 14.4. The van der Waals surface area contributed by atoms with Crippen LogP contribution in [0.2, 0.25) is 5.02 Å². The molecule has 1 amide bonds. The van der Waals surface area contributed by atoms with Crippen LogP contribution < -0.4 is 5.73 Å². The second kappa shape index (κ2) is 8.16. The van der Waals surface area contributed by atoms with E-state index in [4.69, 9.17) is 27.1 Å². The number of carbonyl (C=O) groups is 2. The van der Waals surface area contributed by atoms with Gasteiger partial charge in [-0.1, -0.05) is 17.7 Å². The fourth-order valence-electron chi connectivity index (χ4n) is 3.81. The minimum atomic E-state index is -0.887. The number of halogens is 2. The zero-order valence-corrected chi connectivity index (χ0v) is 17.5. The lowest BCUT2D eigenvalue weighted by molar-refractivity contribution is -0.139. The predicted molar refractivity (Wildman–Crippen MR) is 110 cm³/mol. The van der Waals surface area contributed by atoms with Gasteiger partial charge >= 0.3 is 5.97 Å². The number of esters is 1. The smallest absolute Gasteiger partial charge is 0.338 e. The van der Waals surface area contributed by atoms with Gasteiger partial charge in [0.1, 0.15) is 11.9 Å². The lowest BCUT2D eigenvalue weighted by Gasteiger charge is -2.33. The predicted octanol–water partition coefficient (Wildman–Crippen LogP) is 3.06. The average molecular weight is 449 g/mol. The maximum absolute atomic E-state index is 13.7. The Labute approximate surface area is 181 Å². The third kappa shape index (κ3) is 3.48. The van der Waals surface area contributed by atoms with Gasteiger partial charge in [0.25, 0.3) is 0 Å². The summed E-state index contributed by atoms with van der Waals surface area (Å²) < 4.78 is 19.0. The summed E-state index contributed by atoms with van der Waals surface area (Å²) >= 11 is 7.70. The molecule has 0 aliphatic carbocycles. The molecule has 1 fully saturated rings. The number of hydrogen-bond donors (Lipinski definition) is 1. The van der Waals surface area contributed by atoms with Gasteiger partial charge in [-0.05, 0) is 25.5 Å². The number of rotatable bonds is 5. The zero-order chi connectivity index (χ0) is 21.4. The maximum atomic E-state index is 13.7. The van der Waals surface area contributed by atoms with Gasteiger partial charge in [-0.3, -0.25) is 9.79 Å². The summed E-state index contributed by atoms with van der Waals surface area (Å²) in [6.07, 6.45) is 2.08. The van der Waals surface area contributed by atoms with Gasteiger partial charge in [-0.25, -0.2) is 14.2 Å². The molecular weight excluding hydrogens is 431 g/mol. The Morgan fingerprint density at radius 1 is 1.43 bits per heavy atom. The number of primary amides is 1. The highest BCUT2D eigenvalue weighted by atomic mass is 35.5. The zero-order valence-electron chi connectivity index (χ0n) is 16.0. The van der Waals surface area contributed by atoms with E-state index in [1.807, 2.05) is 5.38 Å². The summed E-state index contributed by atoms with van der Waals surface area (Å²) in [4.78, 5) is 36.1. The molecule has 1 aromatic carbocycles. The van der Waals surface area contributed by atoms with Gasteiger partial charge in [0, 0.05) is 34.4 Å². The van der Waals surface area contributed by atoms with Crippen molar-refractivity contribution in [2.75, 3.05) is 13.2 Å². The lowest BCUT2D eigenvalue weighted by atomic mass is 9.90. The molecule has 30 heavy (non-hydrogen) atoms. The molecule has 1 aromatic heterocycles. The van der Waals surface area contributed by atoms with Crippen molar-refractivity contribution in [1.29, 1.82) is 0 Å². The first kappa shape index (κ1) is 20.5. The van der Waals surface area contributed by atoms with Gasteiger partial charge in [-0.15, -0.1) is 11.3 Å². The first-order valence-corrected chi connectivity index (χ1v) is 10.6. The maximum Gasteiger partial charge on any atom is 0.338 e. The van der Waals surface area contributed by atoms with Crippen LogP contribution in [0.3, 0.4) is 0 Å². The Balaban J connectivity index is 1.97. The molecule has 2 aromatic rings. The van der Waals surface area contributed by atoms with Crippen LogP contribution in [0.5, 0.6) is 0 Å². The molecule has 0 spiro atoms. The minimum absolute atomic E-state index is 0.117. The number of amides is 1. The number of hydrogen-bond acceptors (Lipinski definition) is 7. The van der Waals surface area contributed by atoms with Gasteiger partial charge in [0.15, 0.2) is 10.8 Å². The second-order valence-corrected chi connectivity index (χ2v) is 8.07. The summed E-state index contributed by atoms with van der Waals surface area (Å²) in [6.45, 7) is 2.28. The number of carbonyl (C=O) groups excluding carboxylic acids is 2. The van der Waals surface area contributed by atoms with E-state index in [0.29, 0.717) is 35.1 Å². The van der Waals surface area contributed by atoms with E-state index in [1.54, 1.807) is 18.0 Å². The number of aliphatic imine (C=N–C) groups is 1. The fraction of sp³-hybridized carbons (Fsp3) is 0.300. The van der Waals surface area contributed by atoms with E-state index in [-0.39, 0.29) is 17.2 Å². The number of thiazole rings is 1. The summed E-state index contributed by atoms with van der Waals surface area (Å²) in [5.74, 6) is -1.83. The molecule has 2 N–H and O–H groups in total. The quantitative estimate of drug-likeness (QED) is 0.709. The molecule has 0 saturated carbocycles. The van der Waals surface area contributed by atoms with Crippen molar-refractivity contribution in [3.05, 3.63) is 62.5 Å². The number of nitrogens with zero attached hydrogens (tertiary/aromatic N) is 3. The molecule has 2 aliphatic heterocycles. The number of benzene rings is 1. The Kier molecular flexibility index (Phi) is 5.57. The van der Waals surface area contributed by atoms with Gasteiger partial charge in [0.2, 0.25) is 5.91 Å². The molecule has 0 radical (unpaired) electrons. The Hall–Kier alpha value is -2.78. The number of ether oxygens (including phenoxy) is 1. The van der Waals surface area contributed by atoms with Crippen LogP contribution >= 0.6 is 22.9 Å². The Morgan fingerprint density at radius 3 is 2.87 bits per heavy atom. The second-order valence-electron chi connectivity index (χ2n) is 6.77. The molecule has 4 rings (SSSR count). The highest BCUT2D eigenvalue weighted by molar-refractivity contribution is 7.11. The Bertz CT molecular complexity index is 1070. The molecule has 2 aliphatic rings. The number of amidine groups is 1. The third-order valence-electron chi connectivity index (χ3n) is 5.04. The highest BCUT2D eigenvalue weighted by Gasteiger charge is 2.45. The van der Waals surface area contributed by atoms with E-state index in [2.05, 4.69) is 4.98 Å². The topological polar surface area (TPSA) is 97.9 Å². The molecule has 3 heterocycles. The van der Waals surface area contributed by atoms with Crippen molar-refractivity contribution in [3.8, 4) is 0 Å². The fourth-order valence-corrected chi connectivity index (χ4v) is 4.72. The summed E-state index contributed by atoms with van der Waals surface area (Å²) in [5.41, 5.74) is 6.72. The molecule has 0 bridgehead atoms. The third-order valence-corrected chi connectivity index (χ3v) is 6.13. The van der Waals surface area contributed by atoms with E-state index < -0.39 is 29.7 Å². The first-order valence-electron chi connectivity index (χ1n) is 9.33. The highest BCUT2D eigenvalue weighted by Crippen LogP contribution is 2.44. The molecule has 10 heteroatoms. The van der Waals surface area contributed by atoms with Crippen LogP contribution in [-0.2, 0) is 14.3 Å². The van der Waals surface area contributed by atoms with Crippen molar-refractivity contribution in [1.82, 2.24) is 9.88 Å². The van der Waals surface area contributed by atoms with Crippen molar-refractivity contribution in [3.63, 3.8) is 0 Å². The number of fused-ring (bicyclic) bond motifs is 1. The van der Waals surface area contributed by atoms with Gasteiger partial charge in [0.05, 0.1) is 18.1 Å². The van der Waals surface area contributed by atoms with Crippen molar-refractivity contribution in [2.45, 2.75) is 19.4 Å². The molecular formula is C20H18ClFN4O3S. The standard InChI is InChI=1S/C20H18ClFN4O3S/c1-2-29-20(28)14-15(11-4-3-10(22)9-13(11)21)25-18(19-24-6-8-30-19)26-7-5-12(16(14)26)17(23)27/h3-4,6,8-9,12,15H,2,5,7H2,1H3,(H2,23,27)/t12-,15?/m0/s1. The van der Waals surface area contributed by atoms with Crippen LogP contribution in [-0.4, -0.2) is 40.7 Å². The average Bonchev–Trinajstić information content (AvgIpc) is 3.37. The Morgan fingerprint density at radius 2 is 2.23 bits per heavy atom. The molecule has 2 atom stereocenters. The lowest BCUT2D eigenvalue weighted by Crippen LogP contribution is -2.38. The SMILES string of the molecule is CCOC(=O)C1=C2[C@@H](C(N)=O)CCN2C(c2nccs2)=NC1c1ccc(F)cc1Cl. The van der Waals surface area contributed by atoms with Crippen LogP contribution in [0, 0.1) is 11.7 Å². The van der Waals surface area contributed by atoms with Crippen molar-refractivity contribution in [2.24, 2.45) is 16.6 Å². The number of aromatic nitrogens is 1. The van der Waals surface area contributed by atoms with Gasteiger partial charge in [-0.2, -0.15) is 0 Å². The van der Waals surface area contributed by atoms with Gasteiger partial charge < -0.3 is 15.4 Å². The van der Waals surface area contributed by atoms with Crippen LogP contribution in [0.1, 0.15) is 30.0 Å². The van der Waals surface area contributed by atoms with E-state index >= 15 is 0 Å². The summed E-state index contributed by atoms with van der Waals surface area (Å²) in [6, 6.07) is 3.01. The van der Waals surface area contributed by atoms with Crippen LogP contribution in [0.4, 0.5) is 4.39 Å². The monoisotopic (exact) mass is 448 g/mol. The minimum Gasteiger partial charge on any atom is -0.463 e. The van der Waals surface area contributed by atoms with Crippen molar-refractivity contribution < 1.29 is 18.7 Å². The van der Waals surface area contributed by atoms with Crippen LogP contribution in [0.25, 0.3) is 0 Å². The summed E-state index contributed by atoms with van der Waals surface area (Å²) in [7, 11) is 0. The molecule has 1 unspecified atom stereocenters. The summed E-state index contributed by atoms with van der Waals surface area (Å²) in [5, 5.41) is 2.55. The van der Waals surface area contributed by atoms with Crippen molar-refractivity contribution >= 4 is 40.6 Å². The van der Waals surface area contributed by atoms with E-state index in [1.165, 1.54) is 23.5 Å². The molecule has 1 saturated heterocycles. The normalized spacial score (nSPS) is 20.8.